The van der Waals surface area contributed by atoms with Crippen LogP contribution in [0.15, 0.2) is 0 Å². The Morgan fingerprint density at radius 2 is 2.12 bits per heavy atom. The van der Waals surface area contributed by atoms with Crippen LogP contribution in [0.3, 0.4) is 0 Å². The van der Waals surface area contributed by atoms with E-state index in [1.807, 2.05) is 0 Å². The lowest BCUT2D eigenvalue weighted by molar-refractivity contribution is -0.0634. The average Bonchev–Trinajstić information content (AvgIpc) is 2.95. The second-order valence-electron chi connectivity index (χ2n) is 6.15. The van der Waals surface area contributed by atoms with E-state index in [9.17, 15) is 0 Å². The molecule has 1 saturated heterocycles. The molecule has 1 heterocycles. The Balaban J connectivity index is 1.73. The summed E-state index contributed by atoms with van der Waals surface area (Å²) in [5.74, 6) is 0. The molecule has 0 aromatic carbocycles. The lowest BCUT2D eigenvalue weighted by atomic mass is 9.93. The molecule has 3 heteroatoms. The zero-order valence-electron chi connectivity index (χ0n) is 10.6. The topological polar surface area (TPSA) is 41.5 Å². The molecule has 1 saturated carbocycles. The minimum atomic E-state index is 0.0314. The SMILES string of the molecule is CC1(C)CC(NCC2(CCO)CC2)CCO1. The monoisotopic (exact) mass is 227 g/mol. The van der Waals surface area contributed by atoms with Gasteiger partial charge in [-0.15, -0.1) is 0 Å². The first-order chi connectivity index (χ1) is 7.55. The van der Waals surface area contributed by atoms with Gasteiger partial charge < -0.3 is 15.2 Å². The fraction of sp³-hybridized carbons (Fsp3) is 1.00. The minimum Gasteiger partial charge on any atom is -0.396 e. The molecule has 1 aliphatic heterocycles. The van der Waals surface area contributed by atoms with Gasteiger partial charge in [-0.1, -0.05) is 0 Å². The number of aliphatic hydroxyl groups excluding tert-OH is 1. The summed E-state index contributed by atoms with van der Waals surface area (Å²) in [5, 5.41) is 12.7. The van der Waals surface area contributed by atoms with Crippen LogP contribution in [0.1, 0.15) is 46.0 Å². The van der Waals surface area contributed by atoms with Crippen molar-refractivity contribution in [3.63, 3.8) is 0 Å². The summed E-state index contributed by atoms with van der Waals surface area (Å²) in [6, 6.07) is 0.597. The fourth-order valence-electron chi connectivity index (χ4n) is 2.70. The molecule has 94 valence electrons. The zero-order valence-corrected chi connectivity index (χ0v) is 10.6. The van der Waals surface area contributed by atoms with E-state index in [0.29, 0.717) is 18.1 Å². The Labute approximate surface area is 98.6 Å². The van der Waals surface area contributed by atoms with Crippen molar-refractivity contribution in [2.24, 2.45) is 5.41 Å². The van der Waals surface area contributed by atoms with Gasteiger partial charge in [0.2, 0.25) is 0 Å². The summed E-state index contributed by atoms with van der Waals surface area (Å²) in [4.78, 5) is 0. The molecule has 2 aliphatic rings. The summed E-state index contributed by atoms with van der Waals surface area (Å²) in [7, 11) is 0. The quantitative estimate of drug-likeness (QED) is 0.751. The number of rotatable bonds is 5. The molecule has 1 atom stereocenters. The summed E-state index contributed by atoms with van der Waals surface area (Å²) in [6.45, 7) is 6.62. The van der Waals surface area contributed by atoms with E-state index in [1.165, 1.54) is 12.8 Å². The Morgan fingerprint density at radius 1 is 1.38 bits per heavy atom. The van der Waals surface area contributed by atoms with Crippen LogP contribution in [-0.4, -0.2) is 36.5 Å². The highest BCUT2D eigenvalue weighted by Crippen LogP contribution is 2.48. The number of hydrogen-bond donors (Lipinski definition) is 2. The van der Waals surface area contributed by atoms with Gasteiger partial charge in [-0.05, 0) is 51.4 Å². The lowest BCUT2D eigenvalue weighted by Gasteiger charge is -2.36. The van der Waals surface area contributed by atoms with Crippen LogP contribution in [-0.2, 0) is 4.74 Å². The summed E-state index contributed by atoms with van der Waals surface area (Å²) < 4.78 is 5.71. The van der Waals surface area contributed by atoms with Gasteiger partial charge in [0.05, 0.1) is 5.60 Å². The van der Waals surface area contributed by atoms with Gasteiger partial charge in [0.15, 0.2) is 0 Å². The molecule has 0 aromatic rings. The predicted octanol–water partition coefficient (Wildman–Crippen LogP) is 1.70. The molecule has 0 spiro atoms. The van der Waals surface area contributed by atoms with Gasteiger partial charge in [0, 0.05) is 25.8 Å². The minimum absolute atomic E-state index is 0.0314. The molecule has 2 N–H and O–H groups in total. The molecule has 0 radical (unpaired) electrons. The maximum atomic E-state index is 9.01. The highest BCUT2D eigenvalue weighted by atomic mass is 16.5. The van der Waals surface area contributed by atoms with Gasteiger partial charge in [0.25, 0.3) is 0 Å². The van der Waals surface area contributed by atoms with Crippen LogP contribution in [0, 0.1) is 5.41 Å². The van der Waals surface area contributed by atoms with E-state index in [1.54, 1.807) is 0 Å². The highest BCUT2D eigenvalue weighted by molar-refractivity contribution is 4.96. The second kappa shape index (κ2) is 4.63. The van der Waals surface area contributed by atoms with E-state index in [2.05, 4.69) is 19.2 Å². The van der Waals surface area contributed by atoms with Gasteiger partial charge in [-0.25, -0.2) is 0 Å². The van der Waals surface area contributed by atoms with Crippen molar-refractivity contribution in [1.82, 2.24) is 5.32 Å². The van der Waals surface area contributed by atoms with Crippen molar-refractivity contribution in [3.8, 4) is 0 Å². The van der Waals surface area contributed by atoms with E-state index < -0.39 is 0 Å². The largest absolute Gasteiger partial charge is 0.396 e. The van der Waals surface area contributed by atoms with Crippen molar-refractivity contribution in [3.05, 3.63) is 0 Å². The number of ether oxygens (including phenoxy) is 1. The van der Waals surface area contributed by atoms with Crippen LogP contribution < -0.4 is 5.32 Å². The van der Waals surface area contributed by atoms with E-state index in [0.717, 1.165) is 32.4 Å². The average molecular weight is 227 g/mol. The first kappa shape index (κ1) is 12.3. The fourth-order valence-corrected chi connectivity index (χ4v) is 2.70. The number of nitrogens with one attached hydrogen (secondary N) is 1. The van der Waals surface area contributed by atoms with Crippen LogP contribution in [0.2, 0.25) is 0 Å². The lowest BCUT2D eigenvalue weighted by Crippen LogP contribution is -2.45. The molecule has 3 nitrogen and oxygen atoms in total. The molecule has 0 bridgehead atoms. The standard InChI is InChI=1S/C13H25NO2/c1-12(2)9-11(3-8-16-12)14-10-13(4-5-13)6-7-15/h11,14-15H,3-10H2,1-2H3. The van der Waals surface area contributed by atoms with Gasteiger partial charge in [-0.2, -0.15) is 0 Å². The smallest absolute Gasteiger partial charge is 0.0641 e. The van der Waals surface area contributed by atoms with E-state index >= 15 is 0 Å². The van der Waals surface area contributed by atoms with Crippen LogP contribution >= 0.6 is 0 Å². The van der Waals surface area contributed by atoms with Crippen molar-refractivity contribution >= 4 is 0 Å². The van der Waals surface area contributed by atoms with Crippen LogP contribution in [0.4, 0.5) is 0 Å². The highest BCUT2D eigenvalue weighted by Gasteiger charge is 2.42. The molecule has 1 unspecified atom stereocenters. The Morgan fingerprint density at radius 3 is 2.69 bits per heavy atom. The first-order valence-electron chi connectivity index (χ1n) is 6.54. The Hall–Kier alpha value is -0.120. The van der Waals surface area contributed by atoms with Crippen LogP contribution in [0.5, 0.6) is 0 Å². The second-order valence-corrected chi connectivity index (χ2v) is 6.15. The summed E-state index contributed by atoms with van der Waals surface area (Å²) >= 11 is 0. The van der Waals surface area contributed by atoms with Crippen molar-refractivity contribution in [2.45, 2.75) is 57.6 Å². The zero-order chi connectivity index (χ0) is 11.6. The van der Waals surface area contributed by atoms with E-state index in [-0.39, 0.29) is 5.60 Å². The maximum Gasteiger partial charge on any atom is 0.0641 e. The van der Waals surface area contributed by atoms with Gasteiger partial charge >= 0.3 is 0 Å². The molecular weight excluding hydrogens is 202 g/mol. The molecule has 0 amide bonds. The third-order valence-electron chi connectivity index (χ3n) is 4.06. The van der Waals surface area contributed by atoms with Crippen molar-refractivity contribution in [2.75, 3.05) is 19.8 Å². The van der Waals surface area contributed by atoms with Gasteiger partial charge in [-0.3, -0.25) is 0 Å². The maximum absolute atomic E-state index is 9.01. The predicted molar refractivity (Wildman–Crippen MR) is 64.4 cm³/mol. The summed E-state index contributed by atoms with van der Waals surface area (Å²) in [5.41, 5.74) is 0.459. The van der Waals surface area contributed by atoms with Crippen molar-refractivity contribution < 1.29 is 9.84 Å². The van der Waals surface area contributed by atoms with E-state index in [4.69, 9.17) is 9.84 Å². The van der Waals surface area contributed by atoms with Gasteiger partial charge in [0.1, 0.15) is 0 Å². The van der Waals surface area contributed by atoms with Crippen LogP contribution in [0.25, 0.3) is 0 Å². The summed E-state index contributed by atoms with van der Waals surface area (Å²) in [6.07, 6.45) is 5.76. The number of aliphatic hydroxyl groups is 1. The third kappa shape index (κ3) is 3.19. The molecule has 16 heavy (non-hydrogen) atoms. The molecule has 0 aromatic heterocycles. The molecule has 2 fully saturated rings. The molecular formula is C13H25NO2. The third-order valence-corrected chi connectivity index (χ3v) is 4.06. The first-order valence-corrected chi connectivity index (χ1v) is 6.54. The molecule has 1 aliphatic carbocycles. The Kier molecular flexibility index (Phi) is 3.57. The normalized spacial score (nSPS) is 31.3. The number of hydrogen-bond acceptors (Lipinski definition) is 3. The Bertz CT molecular complexity index is 236. The van der Waals surface area contributed by atoms with Crippen molar-refractivity contribution in [1.29, 1.82) is 0 Å². The molecule has 2 rings (SSSR count).